The lowest BCUT2D eigenvalue weighted by Gasteiger charge is -2.20. The second-order valence-electron chi connectivity index (χ2n) is 8.44. The zero-order valence-electron chi connectivity index (χ0n) is 18.8. The van der Waals surface area contributed by atoms with E-state index in [0.717, 1.165) is 40.0 Å². The van der Waals surface area contributed by atoms with Gasteiger partial charge in [0, 0.05) is 37.8 Å². The van der Waals surface area contributed by atoms with Crippen molar-refractivity contribution in [3.8, 4) is 0 Å². The number of benzene rings is 1. The van der Waals surface area contributed by atoms with E-state index in [-0.39, 0.29) is 5.91 Å². The number of nitrogens with one attached hydrogen (secondary N) is 1. The fourth-order valence-corrected chi connectivity index (χ4v) is 5.39. The van der Waals surface area contributed by atoms with Crippen LogP contribution in [-0.4, -0.2) is 46.5 Å². The Balaban J connectivity index is 1.45. The van der Waals surface area contributed by atoms with Gasteiger partial charge in [-0.3, -0.25) is 9.36 Å². The summed E-state index contributed by atoms with van der Waals surface area (Å²) in [7, 11) is 1.67. The summed E-state index contributed by atoms with van der Waals surface area (Å²) in [5.74, 6) is 1.86. The highest BCUT2D eigenvalue weighted by molar-refractivity contribution is 7.99. The molecule has 1 aromatic carbocycles. The van der Waals surface area contributed by atoms with Crippen molar-refractivity contribution in [2.75, 3.05) is 26.0 Å². The number of pyridine rings is 1. The third kappa shape index (κ3) is 5.90. The number of nitrogens with zero attached hydrogens (tertiary/aromatic N) is 3. The Morgan fingerprint density at radius 2 is 2.00 bits per heavy atom. The summed E-state index contributed by atoms with van der Waals surface area (Å²) < 4.78 is 7.23. The molecule has 1 amide bonds. The molecule has 6 nitrogen and oxygen atoms in total. The number of ether oxygens (including phenoxy) is 1. The number of hydrogen-bond acceptors (Lipinski definition) is 5. The van der Waals surface area contributed by atoms with Crippen LogP contribution in [0.5, 0.6) is 0 Å². The highest BCUT2D eigenvalue weighted by atomic mass is 32.2. The minimum absolute atomic E-state index is 0.0499. The van der Waals surface area contributed by atoms with E-state index in [1.165, 1.54) is 32.1 Å². The minimum Gasteiger partial charge on any atom is -0.385 e. The normalized spacial score (nSPS) is 14.7. The molecule has 2 aromatic heterocycles. The van der Waals surface area contributed by atoms with Crippen molar-refractivity contribution in [1.29, 1.82) is 0 Å². The molecule has 0 atom stereocenters. The summed E-state index contributed by atoms with van der Waals surface area (Å²) >= 11 is 1.86. The van der Waals surface area contributed by atoms with Crippen molar-refractivity contribution < 1.29 is 9.53 Å². The van der Waals surface area contributed by atoms with Crippen molar-refractivity contribution >= 4 is 28.8 Å². The average molecular weight is 453 g/mol. The van der Waals surface area contributed by atoms with Crippen molar-refractivity contribution in [2.45, 2.75) is 50.2 Å². The Kier molecular flexibility index (Phi) is 8.18. The number of hydrogen-bond donors (Lipinski definition) is 1. The number of thioether (sulfide) groups is 1. The van der Waals surface area contributed by atoms with E-state index in [0.29, 0.717) is 25.3 Å². The lowest BCUT2D eigenvalue weighted by atomic mass is 9.91. The molecule has 1 aliphatic rings. The molecule has 170 valence electrons. The monoisotopic (exact) mass is 452 g/mol. The number of rotatable bonds is 10. The first-order chi connectivity index (χ1) is 15.7. The smallest absolute Gasteiger partial charge is 0.251 e. The molecule has 32 heavy (non-hydrogen) atoms. The molecule has 0 unspecified atom stereocenters. The standard InChI is InChI=1S/C25H32N4O2S/c1-31-16-6-15-27-24(30)21-12-10-19(11-13-21)17-29-23-22(9-5-14-26-23)28-25(29)32-18-20-7-3-2-4-8-20/h5,9-14,20H,2-4,6-8,15-18H2,1H3,(H,27,30). The van der Waals surface area contributed by atoms with Crippen LogP contribution in [0.3, 0.4) is 0 Å². The van der Waals surface area contributed by atoms with E-state index in [1.807, 2.05) is 54.4 Å². The fourth-order valence-electron chi connectivity index (χ4n) is 4.20. The summed E-state index contributed by atoms with van der Waals surface area (Å²) in [6.07, 6.45) is 9.40. The first-order valence-corrected chi connectivity index (χ1v) is 12.5. The van der Waals surface area contributed by atoms with Gasteiger partial charge in [0.25, 0.3) is 5.91 Å². The maximum atomic E-state index is 12.3. The van der Waals surface area contributed by atoms with Crippen LogP contribution in [-0.2, 0) is 11.3 Å². The Morgan fingerprint density at radius 3 is 2.78 bits per heavy atom. The predicted octanol–water partition coefficient (Wildman–Crippen LogP) is 4.92. The van der Waals surface area contributed by atoms with E-state index in [2.05, 4.69) is 14.9 Å². The molecule has 0 bridgehead atoms. The van der Waals surface area contributed by atoms with Crippen LogP contribution >= 0.6 is 11.8 Å². The van der Waals surface area contributed by atoms with Crippen LogP contribution in [0.2, 0.25) is 0 Å². The summed E-state index contributed by atoms with van der Waals surface area (Å²) in [4.78, 5) is 21.8. The van der Waals surface area contributed by atoms with Gasteiger partial charge >= 0.3 is 0 Å². The topological polar surface area (TPSA) is 69.0 Å². The lowest BCUT2D eigenvalue weighted by Crippen LogP contribution is -2.25. The van der Waals surface area contributed by atoms with Crippen molar-refractivity contribution in [3.05, 3.63) is 53.7 Å². The van der Waals surface area contributed by atoms with Gasteiger partial charge in [-0.1, -0.05) is 43.2 Å². The van der Waals surface area contributed by atoms with Gasteiger partial charge in [-0.25, -0.2) is 9.97 Å². The maximum Gasteiger partial charge on any atom is 0.251 e. The zero-order chi connectivity index (χ0) is 22.2. The molecule has 0 spiro atoms. The van der Waals surface area contributed by atoms with E-state index in [9.17, 15) is 4.79 Å². The van der Waals surface area contributed by atoms with Crippen LogP contribution in [0.4, 0.5) is 0 Å². The van der Waals surface area contributed by atoms with Crippen LogP contribution in [0.15, 0.2) is 47.8 Å². The quantitative estimate of drug-likeness (QED) is 0.349. The van der Waals surface area contributed by atoms with Gasteiger partial charge in [-0.15, -0.1) is 0 Å². The molecule has 0 aliphatic heterocycles. The zero-order valence-corrected chi connectivity index (χ0v) is 19.6. The van der Waals surface area contributed by atoms with Crippen molar-refractivity contribution in [3.63, 3.8) is 0 Å². The number of fused-ring (bicyclic) bond motifs is 1. The van der Waals surface area contributed by atoms with E-state index >= 15 is 0 Å². The highest BCUT2D eigenvalue weighted by Gasteiger charge is 2.18. The Bertz CT molecular complexity index is 1010. The van der Waals surface area contributed by atoms with E-state index in [4.69, 9.17) is 9.72 Å². The number of aromatic nitrogens is 3. The van der Waals surface area contributed by atoms with Gasteiger partial charge in [-0.2, -0.15) is 0 Å². The third-order valence-corrected chi connectivity index (χ3v) is 7.22. The Hall–Kier alpha value is -2.38. The van der Waals surface area contributed by atoms with Gasteiger partial charge in [-0.05, 0) is 55.0 Å². The molecule has 2 heterocycles. The molecule has 1 N–H and O–H groups in total. The number of amides is 1. The van der Waals surface area contributed by atoms with Gasteiger partial charge in [0.15, 0.2) is 10.8 Å². The first kappa shape index (κ1) is 22.8. The summed E-state index contributed by atoms with van der Waals surface area (Å²) in [5, 5.41) is 3.96. The number of carbonyl (C=O) groups excluding carboxylic acids is 1. The molecule has 0 radical (unpaired) electrons. The molecule has 0 saturated heterocycles. The molecule has 4 rings (SSSR count). The molecule has 3 aromatic rings. The summed E-state index contributed by atoms with van der Waals surface area (Å²) in [6.45, 7) is 1.95. The third-order valence-electron chi connectivity index (χ3n) is 6.01. The van der Waals surface area contributed by atoms with Crippen LogP contribution in [0, 0.1) is 5.92 Å². The molecule has 1 saturated carbocycles. The second-order valence-corrected chi connectivity index (χ2v) is 9.43. The van der Waals surface area contributed by atoms with Gasteiger partial charge < -0.3 is 10.1 Å². The summed E-state index contributed by atoms with van der Waals surface area (Å²) in [6, 6.07) is 11.8. The minimum atomic E-state index is -0.0499. The molecule has 7 heteroatoms. The Labute approximate surface area is 194 Å². The van der Waals surface area contributed by atoms with Crippen LogP contribution in [0.25, 0.3) is 11.2 Å². The molecule has 1 aliphatic carbocycles. The predicted molar refractivity (Wildman–Crippen MR) is 129 cm³/mol. The SMILES string of the molecule is COCCCNC(=O)c1ccc(Cn2c(SCC3CCCCC3)nc3cccnc32)cc1. The number of carbonyl (C=O) groups is 1. The van der Waals surface area contributed by atoms with E-state index < -0.39 is 0 Å². The number of imidazole rings is 1. The van der Waals surface area contributed by atoms with Crippen molar-refractivity contribution in [1.82, 2.24) is 19.9 Å². The number of methoxy groups -OCH3 is 1. The van der Waals surface area contributed by atoms with Crippen molar-refractivity contribution in [2.24, 2.45) is 5.92 Å². The molecular formula is C25H32N4O2S. The molecule has 1 fully saturated rings. The summed E-state index contributed by atoms with van der Waals surface area (Å²) in [5.41, 5.74) is 3.65. The van der Waals surface area contributed by atoms with E-state index in [1.54, 1.807) is 7.11 Å². The highest BCUT2D eigenvalue weighted by Crippen LogP contribution is 2.31. The second kappa shape index (κ2) is 11.5. The largest absolute Gasteiger partial charge is 0.385 e. The lowest BCUT2D eigenvalue weighted by molar-refractivity contribution is 0.0948. The maximum absolute atomic E-state index is 12.3. The first-order valence-electron chi connectivity index (χ1n) is 11.5. The van der Waals surface area contributed by atoms with Crippen LogP contribution in [0.1, 0.15) is 54.4 Å². The van der Waals surface area contributed by atoms with Crippen LogP contribution < -0.4 is 5.32 Å². The molecular weight excluding hydrogens is 420 g/mol. The van der Waals surface area contributed by atoms with Gasteiger partial charge in [0.1, 0.15) is 5.52 Å². The van der Waals surface area contributed by atoms with Gasteiger partial charge in [0.2, 0.25) is 0 Å². The average Bonchev–Trinajstić information content (AvgIpc) is 3.19. The van der Waals surface area contributed by atoms with Gasteiger partial charge in [0.05, 0.1) is 6.54 Å². The fraction of sp³-hybridized carbons (Fsp3) is 0.480. The Morgan fingerprint density at radius 1 is 1.19 bits per heavy atom.